The first-order chi connectivity index (χ1) is 8.02. The van der Waals surface area contributed by atoms with Gasteiger partial charge in [-0.1, -0.05) is 13.8 Å². The number of amides is 1. The predicted octanol–water partition coefficient (Wildman–Crippen LogP) is 1.88. The van der Waals surface area contributed by atoms with Gasteiger partial charge in [0.25, 0.3) is 0 Å². The van der Waals surface area contributed by atoms with Crippen LogP contribution in [0.1, 0.15) is 25.1 Å². The van der Waals surface area contributed by atoms with Crippen LogP contribution in [0.3, 0.4) is 0 Å². The van der Waals surface area contributed by atoms with Gasteiger partial charge in [0.2, 0.25) is 5.91 Å². The molecule has 1 rings (SSSR count). The highest BCUT2D eigenvalue weighted by Gasteiger charge is 2.12. The van der Waals surface area contributed by atoms with Crippen molar-refractivity contribution in [3.05, 3.63) is 23.4 Å². The molecule has 4 heteroatoms. The number of carbonyl (C=O) groups excluding carboxylic acids is 1. The summed E-state index contributed by atoms with van der Waals surface area (Å²) in [5.74, 6) is 0.580. The fourth-order valence-corrected chi connectivity index (χ4v) is 1.61. The third kappa shape index (κ3) is 4.53. The van der Waals surface area contributed by atoms with E-state index in [1.807, 2.05) is 39.8 Å². The molecule has 1 aromatic heterocycles. The lowest BCUT2D eigenvalue weighted by atomic mass is 10.1. The van der Waals surface area contributed by atoms with Gasteiger partial charge in [0, 0.05) is 18.2 Å². The van der Waals surface area contributed by atoms with Gasteiger partial charge in [0.15, 0.2) is 0 Å². The van der Waals surface area contributed by atoms with E-state index in [0.717, 1.165) is 17.8 Å². The highest BCUT2D eigenvalue weighted by atomic mass is 16.1. The first-order valence-corrected chi connectivity index (χ1v) is 5.99. The Morgan fingerprint density at radius 3 is 2.71 bits per heavy atom. The second-order valence-electron chi connectivity index (χ2n) is 4.37. The average molecular weight is 235 g/mol. The molecule has 94 valence electrons. The maximum atomic E-state index is 11.8. The minimum atomic E-state index is -0.0578. The van der Waals surface area contributed by atoms with Crippen LogP contribution in [-0.2, 0) is 4.79 Å². The summed E-state index contributed by atoms with van der Waals surface area (Å²) >= 11 is 0. The molecule has 0 radical (unpaired) electrons. The molecular weight excluding hydrogens is 214 g/mol. The molecule has 2 N–H and O–H groups in total. The third-order valence-electron chi connectivity index (χ3n) is 2.50. The molecule has 0 aromatic carbocycles. The van der Waals surface area contributed by atoms with Crippen LogP contribution in [0.15, 0.2) is 12.1 Å². The number of aromatic nitrogens is 1. The molecule has 0 fully saturated rings. The minimum Gasteiger partial charge on any atom is -0.316 e. The number of nitrogens with zero attached hydrogens (tertiary/aromatic N) is 1. The SMILES string of the molecule is CCNCC(C)C(=O)Nc1cc(C)cc(C)n1. The largest absolute Gasteiger partial charge is 0.316 e. The summed E-state index contributed by atoms with van der Waals surface area (Å²) in [6.07, 6.45) is 0. The van der Waals surface area contributed by atoms with Gasteiger partial charge in [-0.25, -0.2) is 4.98 Å². The summed E-state index contributed by atoms with van der Waals surface area (Å²) in [5, 5.41) is 6.00. The van der Waals surface area contributed by atoms with Gasteiger partial charge in [-0.3, -0.25) is 4.79 Å². The van der Waals surface area contributed by atoms with E-state index in [1.165, 1.54) is 0 Å². The first-order valence-electron chi connectivity index (χ1n) is 5.99. The molecule has 1 atom stereocenters. The maximum Gasteiger partial charge on any atom is 0.229 e. The molecule has 0 aliphatic heterocycles. The van der Waals surface area contributed by atoms with E-state index in [1.54, 1.807) is 0 Å². The smallest absolute Gasteiger partial charge is 0.229 e. The van der Waals surface area contributed by atoms with E-state index in [9.17, 15) is 4.79 Å². The number of anilines is 1. The Kier molecular flexibility index (Phi) is 5.10. The lowest BCUT2D eigenvalue weighted by Crippen LogP contribution is -2.30. The molecule has 1 heterocycles. The van der Waals surface area contributed by atoms with Crippen molar-refractivity contribution in [3.63, 3.8) is 0 Å². The van der Waals surface area contributed by atoms with Gasteiger partial charge in [-0.2, -0.15) is 0 Å². The topological polar surface area (TPSA) is 54.0 Å². The molecule has 17 heavy (non-hydrogen) atoms. The predicted molar refractivity (Wildman–Crippen MR) is 70.0 cm³/mol. The van der Waals surface area contributed by atoms with Crippen molar-refractivity contribution in [2.75, 3.05) is 18.4 Å². The molecule has 0 bridgehead atoms. The summed E-state index contributed by atoms with van der Waals surface area (Å²) in [6, 6.07) is 3.86. The zero-order valence-corrected chi connectivity index (χ0v) is 11.0. The summed E-state index contributed by atoms with van der Waals surface area (Å²) in [4.78, 5) is 16.1. The lowest BCUT2D eigenvalue weighted by molar-refractivity contribution is -0.119. The Balaban J connectivity index is 2.61. The number of carbonyl (C=O) groups is 1. The number of pyridine rings is 1. The number of hydrogen-bond acceptors (Lipinski definition) is 3. The van der Waals surface area contributed by atoms with Crippen LogP contribution in [0.5, 0.6) is 0 Å². The molecular formula is C13H21N3O. The van der Waals surface area contributed by atoms with Gasteiger partial charge in [0.1, 0.15) is 5.82 Å². The van der Waals surface area contributed by atoms with Gasteiger partial charge >= 0.3 is 0 Å². The van der Waals surface area contributed by atoms with E-state index < -0.39 is 0 Å². The van der Waals surface area contributed by atoms with E-state index in [2.05, 4.69) is 15.6 Å². The number of rotatable bonds is 5. The van der Waals surface area contributed by atoms with Crippen LogP contribution in [0.2, 0.25) is 0 Å². The van der Waals surface area contributed by atoms with Gasteiger partial charge in [-0.05, 0) is 38.1 Å². The zero-order valence-electron chi connectivity index (χ0n) is 11.0. The Hall–Kier alpha value is -1.42. The van der Waals surface area contributed by atoms with Crippen molar-refractivity contribution in [3.8, 4) is 0 Å². The quantitative estimate of drug-likeness (QED) is 0.819. The van der Waals surface area contributed by atoms with Crippen LogP contribution >= 0.6 is 0 Å². The molecule has 0 saturated heterocycles. The molecule has 1 unspecified atom stereocenters. The second kappa shape index (κ2) is 6.35. The highest BCUT2D eigenvalue weighted by Crippen LogP contribution is 2.10. The molecule has 1 amide bonds. The van der Waals surface area contributed by atoms with E-state index >= 15 is 0 Å². The first kappa shape index (κ1) is 13.6. The fraction of sp³-hybridized carbons (Fsp3) is 0.538. The molecule has 0 aliphatic rings. The van der Waals surface area contributed by atoms with E-state index in [4.69, 9.17) is 0 Å². The molecule has 4 nitrogen and oxygen atoms in total. The summed E-state index contributed by atoms with van der Waals surface area (Å²) < 4.78 is 0. The monoisotopic (exact) mass is 235 g/mol. The molecule has 1 aromatic rings. The standard InChI is InChI=1S/C13H21N3O/c1-5-14-8-10(3)13(17)16-12-7-9(2)6-11(4)15-12/h6-7,10,14H,5,8H2,1-4H3,(H,15,16,17). The lowest BCUT2D eigenvalue weighted by Gasteiger charge is -2.12. The Labute approximate surface area is 103 Å². The third-order valence-corrected chi connectivity index (χ3v) is 2.50. The van der Waals surface area contributed by atoms with Gasteiger partial charge in [0.05, 0.1) is 0 Å². The number of aryl methyl sites for hydroxylation is 2. The Bertz CT molecular complexity index is 370. The number of nitrogens with one attached hydrogen (secondary N) is 2. The molecule has 0 aliphatic carbocycles. The van der Waals surface area contributed by atoms with Crippen LogP contribution < -0.4 is 10.6 Å². The summed E-state index contributed by atoms with van der Waals surface area (Å²) in [6.45, 7) is 9.40. The normalized spacial score (nSPS) is 12.2. The average Bonchev–Trinajstić information content (AvgIpc) is 2.24. The summed E-state index contributed by atoms with van der Waals surface area (Å²) in [7, 11) is 0. The molecule has 0 spiro atoms. The minimum absolute atomic E-state index is 0.00319. The van der Waals surface area contributed by atoms with Crippen molar-refractivity contribution in [2.24, 2.45) is 5.92 Å². The van der Waals surface area contributed by atoms with Gasteiger partial charge < -0.3 is 10.6 Å². The van der Waals surface area contributed by atoms with Crippen molar-refractivity contribution < 1.29 is 4.79 Å². The fourth-order valence-electron chi connectivity index (χ4n) is 1.61. The Morgan fingerprint density at radius 1 is 1.41 bits per heavy atom. The van der Waals surface area contributed by atoms with E-state index in [-0.39, 0.29) is 11.8 Å². The van der Waals surface area contributed by atoms with Crippen molar-refractivity contribution >= 4 is 11.7 Å². The van der Waals surface area contributed by atoms with Crippen molar-refractivity contribution in [1.82, 2.24) is 10.3 Å². The van der Waals surface area contributed by atoms with Gasteiger partial charge in [-0.15, -0.1) is 0 Å². The van der Waals surface area contributed by atoms with E-state index in [0.29, 0.717) is 12.4 Å². The van der Waals surface area contributed by atoms with Crippen LogP contribution in [-0.4, -0.2) is 24.0 Å². The zero-order chi connectivity index (χ0) is 12.8. The molecule has 0 saturated carbocycles. The van der Waals surface area contributed by atoms with Crippen LogP contribution in [0.4, 0.5) is 5.82 Å². The van der Waals surface area contributed by atoms with Crippen molar-refractivity contribution in [2.45, 2.75) is 27.7 Å². The van der Waals surface area contributed by atoms with Crippen molar-refractivity contribution in [1.29, 1.82) is 0 Å². The number of hydrogen-bond donors (Lipinski definition) is 2. The second-order valence-corrected chi connectivity index (χ2v) is 4.37. The highest BCUT2D eigenvalue weighted by molar-refractivity contribution is 5.91. The summed E-state index contributed by atoms with van der Waals surface area (Å²) in [5.41, 5.74) is 2.02. The van der Waals surface area contributed by atoms with Crippen LogP contribution in [0, 0.1) is 19.8 Å². The Morgan fingerprint density at radius 2 is 2.12 bits per heavy atom. The van der Waals surface area contributed by atoms with Crippen LogP contribution in [0.25, 0.3) is 0 Å². The maximum absolute atomic E-state index is 11.8.